The van der Waals surface area contributed by atoms with Crippen molar-refractivity contribution in [2.75, 3.05) is 5.32 Å². The minimum atomic E-state index is -0.847. The van der Waals surface area contributed by atoms with Crippen molar-refractivity contribution in [1.82, 2.24) is 4.90 Å². The molecule has 0 spiro atoms. The van der Waals surface area contributed by atoms with Gasteiger partial charge in [0.15, 0.2) is 0 Å². The Morgan fingerprint density at radius 1 is 1.16 bits per heavy atom. The second-order valence-corrected chi connectivity index (χ2v) is 5.76. The van der Waals surface area contributed by atoms with Gasteiger partial charge in [0.05, 0.1) is 18.2 Å². The van der Waals surface area contributed by atoms with Crippen LogP contribution < -0.4 is 5.32 Å². The van der Waals surface area contributed by atoms with Crippen molar-refractivity contribution in [3.8, 4) is 0 Å². The van der Waals surface area contributed by atoms with Crippen molar-refractivity contribution in [2.24, 2.45) is 0 Å². The number of nitrogens with zero attached hydrogens (tertiary/aromatic N) is 1. The highest BCUT2D eigenvalue weighted by Gasteiger charge is 2.28. The van der Waals surface area contributed by atoms with Gasteiger partial charge in [-0.15, -0.1) is 0 Å². The molecular formula is C19H16F2N2O2. The second kappa shape index (κ2) is 6.84. The maximum absolute atomic E-state index is 13.7. The predicted octanol–water partition coefficient (Wildman–Crippen LogP) is 3.87. The number of hydrogen-bond acceptors (Lipinski definition) is 2. The van der Waals surface area contributed by atoms with E-state index in [1.54, 1.807) is 6.20 Å². The Morgan fingerprint density at radius 2 is 1.92 bits per heavy atom. The van der Waals surface area contributed by atoms with Crippen LogP contribution in [0.4, 0.5) is 14.5 Å². The number of carbonyl (C=O) groups excluding carboxylic acids is 2. The zero-order valence-corrected chi connectivity index (χ0v) is 13.5. The number of nitrogens with one attached hydrogen (secondary N) is 1. The molecule has 0 unspecified atom stereocenters. The van der Waals surface area contributed by atoms with Gasteiger partial charge in [-0.05, 0) is 29.3 Å². The van der Waals surface area contributed by atoms with Gasteiger partial charge in [0.2, 0.25) is 11.8 Å². The molecule has 0 radical (unpaired) electrons. The fraction of sp³-hybridized carbons (Fsp3) is 0.158. The van der Waals surface area contributed by atoms with Crippen molar-refractivity contribution in [2.45, 2.75) is 19.4 Å². The molecule has 128 valence electrons. The Kier molecular flexibility index (Phi) is 4.61. The summed E-state index contributed by atoms with van der Waals surface area (Å²) in [6, 6.07) is 9.91. The molecule has 0 saturated heterocycles. The maximum atomic E-state index is 13.7. The SMILES string of the molecule is CC(=O)N1C=Cc2ccccc2[C@H]1CC(=O)Nc1ccc(F)cc1F. The van der Waals surface area contributed by atoms with Crippen LogP contribution in [0.5, 0.6) is 0 Å². The topological polar surface area (TPSA) is 49.4 Å². The van der Waals surface area contributed by atoms with Gasteiger partial charge in [0, 0.05) is 19.2 Å². The molecule has 2 aromatic carbocycles. The molecule has 0 aliphatic carbocycles. The van der Waals surface area contributed by atoms with Crippen molar-refractivity contribution in [3.05, 3.63) is 71.4 Å². The van der Waals surface area contributed by atoms with E-state index in [0.29, 0.717) is 6.07 Å². The summed E-state index contributed by atoms with van der Waals surface area (Å²) in [5.41, 5.74) is 1.67. The minimum absolute atomic E-state index is 0.0439. The van der Waals surface area contributed by atoms with Gasteiger partial charge in [-0.3, -0.25) is 9.59 Å². The van der Waals surface area contributed by atoms with Gasteiger partial charge in [-0.2, -0.15) is 0 Å². The molecule has 1 aliphatic heterocycles. The fourth-order valence-corrected chi connectivity index (χ4v) is 2.88. The number of fused-ring (bicyclic) bond motifs is 1. The van der Waals surface area contributed by atoms with E-state index in [0.717, 1.165) is 17.2 Å². The first-order valence-corrected chi connectivity index (χ1v) is 7.76. The summed E-state index contributed by atoms with van der Waals surface area (Å²) in [6.45, 7) is 1.42. The van der Waals surface area contributed by atoms with E-state index in [9.17, 15) is 18.4 Å². The minimum Gasteiger partial charge on any atom is -0.324 e. The largest absolute Gasteiger partial charge is 0.324 e. The van der Waals surface area contributed by atoms with Crippen LogP contribution in [-0.4, -0.2) is 16.7 Å². The highest BCUT2D eigenvalue weighted by Crippen LogP contribution is 2.33. The third-order valence-electron chi connectivity index (χ3n) is 4.05. The van der Waals surface area contributed by atoms with Gasteiger partial charge in [-0.25, -0.2) is 8.78 Å². The zero-order valence-electron chi connectivity index (χ0n) is 13.5. The van der Waals surface area contributed by atoms with E-state index in [1.165, 1.54) is 17.9 Å². The Labute approximate surface area is 143 Å². The van der Waals surface area contributed by atoms with Gasteiger partial charge < -0.3 is 10.2 Å². The monoisotopic (exact) mass is 342 g/mol. The molecule has 2 amide bonds. The lowest BCUT2D eigenvalue weighted by molar-refractivity contribution is -0.129. The summed E-state index contributed by atoms with van der Waals surface area (Å²) in [7, 11) is 0. The lowest BCUT2D eigenvalue weighted by Crippen LogP contribution is -2.33. The van der Waals surface area contributed by atoms with E-state index in [4.69, 9.17) is 0 Å². The molecular weight excluding hydrogens is 326 g/mol. The van der Waals surface area contributed by atoms with E-state index in [2.05, 4.69) is 5.32 Å². The van der Waals surface area contributed by atoms with Crippen molar-refractivity contribution < 1.29 is 18.4 Å². The normalized spacial score (nSPS) is 15.6. The van der Waals surface area contributed by atoms with Crippen LogP contribution in [0.3, 0.4) is 0 Å². The van der Waals surface area contributed by atoms with Crippen molar-refractivity contribution >= 4 is 23.6 Å². The molecule has 3 rings (SSSR count). The van der Waals surface area contributed by atoms with Gasteiger partial charge in [0.25, 0.3) is 0 Å². The first-order chi connectivity index (χ1) is 12.0. The third kappa shape index (κ3) is 3.57. The number of carbonyl (C=O) groups is 2. The zero-order chi connectivity index (χ0) is 18.0. The molecule has 0 saturated carbocycles. The van der Waals surface area contributed by atoms with Crippen LogP contribution in [0.2, 0.25) is 0 Å². The van der Waals surface area contributed by atoms with Crippen molar-refractivity contribution in [1.29, 1.82) is 0 Å². The number of amides is 2. The van der Waals surface area contributed by atoms with Crippen LogP contribution in [-0.2, 0) is 9.59 Å². The summed E-state index contributed by atoms with van der Waals surface area (Å²) in [4.78, 5) is 25.7. The molecule has 0 aromatic heterocycles. The molecule has 0 fully saturated rings. The Hall–Kier alpha value is -3.02. The number of benzene rings is 2. The maximum Gasteiger partial charge on any atom is 0.226 e. The van der Waals surface area contributed by atoms with Crippen LogP contribution >= 0.6 is 0 Å². The number of halogens is 2. The van der Waals surface area contributed by atoms with Crippen LogP contribution in [0, 0.1) is 11.6 Å². The summed E-state index contributed by atoms with van der Waals surface area (Å²) < 4.78 is 26.7. The lowest BCUT2D eigenvalue weighted by Gasteiger charge is -2.32. The first kappa shape index (κ1) is 16.8. The van der Waals surface area contributed by atoms with Crippen LogP contribution in [0.1, 0.15) is 30.5 Å². The molecule has 1 aliphatic rings. The molecule has 2 aromatic rings. The van der Waals surface area contributed by atoms with Crippen LogP contribution in [0.15, 0.2) is 48.7 Å². The van der Waals surface area contributed by atoms with E-state index >= 15 is 0 Å². The Morgan fingerprint density at radius 3 is 2.64 bits per heavy atom. The third-order valence-corrected chi connectivity index (χ3v) is 4.05. The van der Waals surface area contributed by atoms with Crippen molar-refractivity contribution in [3.63, 3.8) is 0 Å². The van der Waals surface area contributed by atoms with E-state index in [1.807, 2.05) is 30.3 Å². The number of rotatable bonds is 3. The van der Waals surface area contributed by atoms with E-state index < -0.39 is 23.6 Å². The van der Waals surface area contributed by atoms with Gasteiger partial charge in [0.1, 0.15) is 11.6 Å². The first-order valence-electron chi connectivity index (χ1n) is 7.76. The highest BCUT2D eigenvalue weighted by atomic mass is 19.1. The fourth-order valence-electron chi connectivity index (χ4n) is 2.88. The lowest BCUT2D eigenvalue weighted by atomic mass is 9.93. The number of hydrogen-bond donors (Lipinski definition) is 1. The predicted molar refractivity (Wildman–Crippen MR) is 90.3 cm³/mol. The van der Waals surface area contributed by atoms with Crippen LogP contribution in [0.25, 0.3) is 6.08 Å². The molecule has 1 atom stereocenters. The van der Waals surface area contributed by atoms with Gasteiger partial charge in [-0.1, -0.05) is 24.3 Å². The highest BCUT2D eigenvalue weighted by molar-refractivity contribution is 5.92. The standard InChI is InChI=1S/C19H16F2N2O2/c1-12(24)23-9-8-13-4-2-3-5-15(13)18(23)11-19(25)22-17-7-6-14(20)10-16(17)21/h2-10,18H,11H2,1H3,(H,22,25)/t18-/m1/s1. The molecule has 4 nitrogen and oxygen atoms in total. The summed E-state index contributed by atoms with van der Waals surface area (Å²) >= 11 is 0. The Balaban J connectivity index is 1.82. The average Bonchev–Trinajstić information content (AvgIpc) is 2.57. The number of anilines is 1. The molecule has 1 N–H and O–H groups in total. The molecule has 0 bridgehead atoms. The molecule has 6 heteroatoms. The molecule has 1 heterocycles. The smallest absolute Gasteiger partial charge is 0.226 e. The summed E-state index contributed by atoms with van der Waals surface area (Å²) in [6.07, 6.45) is 3.41. The van der Waals surface area contributed by atoms with E-state index in [-0.39, 0.29) is 18.0 Å². The molecule has 25 heavy (non-hydrogen) atoms. The Bertz CT molecular complexity index is 864. The average molecular weight is 342 g/mol. The second-order valence-electron chi connectivity index (χ2n) is 5.76. The quantitative estimate of drug-likeness (QED) is 0.921. The van der Waals surface area contributed by atoms with Gasteiger partial charge >= 0.3 is 0 Å². The summed E-state index contributed by atoms with van der Waals surface area (Å²) in [5.74, 6) is -2.23. The summed E-state index contributed by atoms with van der Waals surface area (Å²) in [5, 5.41) is 2.43.